The van der Waals surface area contributed by atoms with Crippen LogP contribution in [-0.4, -0.2) is 30.3 Å². The molecule has 0 amide bonds. The smallest absolute Gasteiger partial charge is 0.323 e. The number of benzene rings is 2. The molecule has 1 unspecified atom stereocenters. The molecule has 33 heavy (non-hydrogen) atoms. The zero-order valence-electron chi connectivity index (χ0n) is 16.8. The standard InChI is InChI=1S/C23H15F4N5O/c24-19-8-3-16(4-9-19)1-2-17-5-12-21(28-13-17)23(26,27)22(33,14-32-15-29-30-31-32)18-6-10-20(25)11-7-18/h3-13,15,33H,14H2. The molecular weight excluding hydrogens is 438 g/mol. The molecule has 2 heterocycles. The average molecular weight is 453 g/mol. The van der Waals surface area contributed by atoms with Crippen molar-refractivity contribution in [2.75, 3.05) is 0 Å². The maximum absolute atomic E-state index is 15.6. The summed E-state index contributed by atoms with van der Waals surface area (Å²) in [7, 11) is 0. The summed E-state index contributed by atoms with van der Waals surface area (Å²) in [6.07, 6.45) is 2.22. The second-order valence-corrected chi connectivity index (χ2v) is 7.14. The van der Waals surface area contributed by atoms with Crippen molar-refractivity contribution in [2.45, 2.75) is 18.1 Å². The maximum atomic E-state index is 15.6. The van der Waals surface area contributed by atoms with Crippen LogP contribution in [0.1, 0.15) is 22.4 Å². The number of halogens is 4. The fourth-order valence-electron chi connectivity index (χ4n) is 3.13. The lowest BCUT2D eigenvalue weighted by Crippen LogP contribution is -2.47. The highest BCUT2D eigenvalue weighted by molar-refractivity contribution is 5.42. The molecule has 0 aliphatic rings. The summed E-state index contributed by atoms with van der Waals surface area (Å²) in [6.45, 7) is -0.716. The summed E-state index contributed by atoms with van der Waals surface area (Å²) in [5.41, 5.74) is -2.94. The van der Waals surface area contributed by atoms with E-state index in [1.54, 1.807) is 0 Å². The first-order valence-electron chi connectivity index (χ1n) is 9.59. The van der Waals surface area contributed by atoms with E-state index in [0.29, 0.717) is 11.1 Å². The van der Waals surface area contributed by atoms with Crippen LogP contribution < -0.4 is 0 Å². The van der Waals surface area contributed by atoms with Crippen LogP contribution in [-0.2, 0) is 18.1 Å². The second-order valence-electron chi connectivity index (χ2n) is 7.14. The molecule has 0 bridgehead atoms. The molecule has 1 N–H and O–H groups in total. The molecule has 0 radical (unpaired) electrons. The summed E-state index contributed by atoms with van der Waals surface area (Å²) in [4.78, 5) is 3.81. The Morgan fingerprint density at radius 3 is 2.03 bits per heavy atom. The van der Waals surface area contributed by atoms with Gasteiger partial charge in [0.2, 0.25) is 0 Å². The van der Waals surface area contributed by atoms with Crippen LogP contribution in [0.2, 0.25) is 0 Å². The van der Waals surface area contributed by atoms with E-state index >= 15 is 8.78 Å². The molecule has 0 aliphatic carbocycles. The van der Waals surface area contributed by atoms with E-state index in [-0.39, 0.29) is 5.56 Å². The van der Waals surface area contributed by atoms with E-state index in [2.05, 4.69) is 32.4 Å². The number of pyridine rings is 1. The molecular formula is C23H15F4N5O. The van der Waals surface area contributed by atoms with Crippen LogP contribution in [0.4, 0.5) is 17.6 Å². The van der Waals surface area contributed by atoms with E-state index in [4.69, 9.17) is 0 Å². The van der Waals surface area contributed by atoms with Crippen molar-refractivity contribution >= 4 is 0 Å². The van der Waals surface area contributed by atoms with Gasteiger partial charge in [0, 0.05) is 17.3 Å². The lowest BCUT2D eigenvalue weighted by atomic mass is 9.85. The van der Waals surface area contributed by atoms with Crippen molar-refractivity contribution in [1.29, 1.82) is 0 Å². The van der Waals surface area contributed by atoms with Gasteiger partial charge in [-0.3, -0.25) is 4.98 Å². The van der Waals surface area contributed by atoms with Gasteiger partial charge in [0.05, 0.1) is 6.54 Å². The Hall–Kier alpha value is -4.10. The lowest BCUT2D eigenvalue weighted by molar-refractivity contribution is -0.206. The van der Waals surface area contributed by atoms with Gasteiger partial charge >= 0.3 is 5.92 Å². The molecule has 1 atom stereocenters. The number of tetrazole rings is 1. The number of nitrogens with zero attached hydrogens (tertiary/aromatic N) is 5. The van der Waals surface area contributed by atoms with Gasteiger partial charge in [0.25, 0.3) is 0 Å². The first-order chi connectivity index (χ1) is 15.8. The van der Waals surface area contributed by atoms with Gasteiger partial charge in [-0.05, 0) is 64.5 Å². The van der Waals surface area contributed by atoms with E-state index in [1.807, 2.05) is 0 Å². The largest absolute Gasteiger partial charge is 0.377 e. The van der Waals surface area contributed by atoms with Gasteiger partial charge in [-0.15, -0.1) is 5.10 Å². The summed E-state index contributed by atoms with van der Waals surface area (Å²) in [6, 6.07) is 11.9. The van der Waals surface area contributed by atoms with Crippen LogP contribution >= 0.6 is 0 Å². The molecule has 10 heteroatoms. The molecule has 2 aromatic carbocycles. The van der Waals surface area contributed by atoms with Crippen molar-refractivity contribution in [3.8, 4) is 11.8 Å². The number of rotatable bonds is 5. The fourth-order valence-corrected chi connectivity index (χ4v) is 3.13. The quantitative estimate of drug-likeness (QED) is 0.370. The minimum absolute atomic E-state index is 0.244. The van der Waals surface area contributed by atoms with Crippen molar-refractivity contribution < 1.29 is 22.7 Å². The fraction of sp³-hybridized carbons (Fsp3) is 0.130. The number of aliphatic hydroxyl groups is 1. The minimum atomic E-state index is -3.92. The monoisotopic (exact) mass is 453 g/mol. The van der Waals surface area contributed by atoms with Crippen LogP contribution in [0.3, 0.4) is 0 Å². The van der Waals surface area contributed by atoms with Crippen molar-refractivity contribution in [3.63, 3.8) is 0 Å². The molecule has 0 fully saturated rings. The topological polar surface area (TPSA) is 76.7 Å². The van der Waals surface area contributed by atoms with Crippen molar-refractivity contribution in [3.05, 3.63) is 107 Å². The lowest BCUT2D eigenvalue weighted by Gasteiger charge is -2.35. The molecule has 0 saturated carbocycles. The first kappa shape index (κ1) is 22.1. The van der Waals surface area contributed by atoms with Gasteiger partial charge in [-0.1, -0.05) is 24.0 Å². The third-order valence-electron chi connectivity index (χ3n) is 4.90. The van der Waals surface area contributed by atoms with Gasteiger partial charge in [0.15, 0.2) is 5.60 Å². The Balaban J connectivity index is 1.67. The van der Waals surface area contributed by atoms with E-state index in [1.165, 1.54) is 30.3 Å². The Labute approximate surface area is 185 Å². The molecule has 6 nitrogen and oxygen atoms in total. The molecule has 0 aliphatic heterocycles. The second kappa shape index (κ2) is 8.80. The van der Waals surface area contributed by atoms with E-state index in [9.17, 15) is 13.9 Å². The molecule has 0 saturated heterocycles. The predicted octanol–water partition coefficient (Wildman–Crippen LogP) is 3.43. The van der Waals surface area contributed by atoms with Crippen LogP contribution in [0.15, 0.2) is 73.2 Å². The summed E-state index contributed by atoms with van der Waals surface area (Å²) in [5, 5.41) is 21.5. The van der Waals surface area contributed by atoms with Crippen molar-refractivity contribution in [2.24, 2.45) is 0 Å². The Kier molecular flexibility index (Phi) is 5.89. The SMILES string of the molecule is OC(Cn1cnnn1)(c1ccc(F)cc1)C(F)(F)c1ccc(C#Cc2ccc(F)cc2)cn1. The first-order valence-corrected chi connectivity index (χ1v) is 9.59. The highest BCUT2D eigenvalue weighted by Gasteiger charge is 2.56. The highest BCUT2D eigenvalue weighted by Crippen LogP contribution is 2.45. The predicted molar refractivity (Wildman–Crippen MR) is 109 cm³/mol. The molecule has 4 aromatic rings. The van der Waals surface area contributed by atoms with Gasteiger partial charge in [-0.25, -0.2) is 13.5 Å². The molecule has 2 aromatic heterocycles. The molecule has 166 valence electrons. The normalized spacial score (nSPS) is 13.1. The minimum Gasteiger partial charge on any atom is -0.377 e. The maximum Gasteiger partial charge on any atom is 0.323 e. The summed E-state index contributed by atoms with van der Waals surface area (Å²) >= 11 is 0. The number of hydrogen-bond donors (Lipinski definition) is 1. The van der Waals surface area contributed by atoms with E-state index in [0.717, 1.165) is 47.5 Å². The average Bonchev–Trinajstić information content (AvgIpc) is 3.32. The molecule has 4 rings (SSSR count). The van der Waals surface area contributed by atoms with Crippen molar-refractivity contribution in [1.82, 2.24) is 25.2 Å². The Bertz CT molecular complexity index is 1280. The van der Waals surface area contributed by atoms with Gasteiger partial charge in [0.1, 0.15) is 23.7 Å². The number of alkyl halides is 2. The summed E-state index contributed by atoms with van der Waals surface area (Å²) < 4.78 is 58.6. The van der Waals surface area contributed by atoms with Crippen LogP contribution in [0.5, 0.6) is 0 Å². The van der Waals surface area contributed by atoms with E-state index < -0.39 is 35.4 Å². The third kappa shape index (κ3) is 4.58. The van der Waals surface area contributed by atoms with Crippen LogP contribution in [0.25, 0.3) is 0 Å². The highest BCUT2D eigenvalue weighted by atomic mass is 19.3. The Morgan fingerprint density at radius 1 is 0.848 bits per heavy atom. The Morgan fingerprint density at radius 2 is 1.45 bits per heavy atom. The zero-order chi connectivity index (χ0) is 23.5. The number of aromatic nitrogens is 5. The van der Waals surface area contributed by atoms with Gasteiger partial charge in [-0.2, -0.15) is 8.78 Å². The molecule has 0 spiro atoms. The third-order valence-corrected chi connectivity index (χ3v) is 4.90. The van der Waals surface area contributed by atoms with Crippen LogP contribution in [0, 0.1) is 23.5 Å². The number of hydrogen-bond acceptors (Lipinski definition) is 5. The zero-order valence-corrected chi connectivity index (χ0v) is 16.8. The summed E-state index contributed by atoms with van der Waals surface area (Å²) in [5.74, 6) is 0.580. The van der Waals surface area contributed by atoms with Gasteiger partial charge < -0.3 is 5.11 Å².